The number of halogens is 2. The summed E-state index contributed by atoms with van der Waals surface area (Å²) in [4.78, 5) is 32.1. The van der Waals surface area contributed by atoms with Crippen molar-refractivity contribution in [2.45, 2.75) is 25.3 Å². The van der Waals surface area contributed by atoms with E-state index in [4.69, 9.17) is 11.6 Å². The highest BCUT2D eigenvalue weighted by molar-refractivity contribution is 7.22. The number of amides is 1. The summed E-state index contributed by atoms with van der Waals surface area (Å²) in [5.41, 5.74) is 1.26. The second-order valence-electron chi connectivity index (χ2n) is 7.49. The van der Waals surface area contributed by atoms with Crippen molar-refractivity contribution in [3.05, 3.63) is 70.2 Å². The van der Waals surface area contributed by atoms with E-state index in [1.807, 2.05) is 0 Å². The van der Waals surface area contributed by atoms with E-state index in [9.17, 15) is 19.1 Å². The molecule has 2 aliphatic rings. The van der Waals surface area contributed by atoms with Crippen LogP contribution in [0.1, 0.15) is 30.9 Å². The molecule has 30 heavy (non-hydrogen) atoms. The molecule has 1 atom stereocenters. The van der Waals surface area contributed by atoms with E-state index in [1.165, 1.54) is 40.5 Å². The molecule has 5 nitrogen and oxygen atoms in total. The fourth-order valence-corrected chi connectivity index (χ4v) is 5.16. The smallest absolute Gasteiger partial charge is 0.296 e. The first-order valence-corrected chi connectivity index (χ1v) is 10.8. The molecule has 0 radical (unpaired) electrons. The molecule has 8 heteroatoms. The number of anilines is 1. The quantitative estimate of drug-likeness (QED) is 0.590. The number of hydrogen-bond acceptors (Lipinski definition) is 5. The summed E-state index contributed by atoms with van der Waals surface area (Å²) >= 11 is 7.32. The Morgan fingerprint density at radius 3 is 2.60 bits per heavy atom. The van der Waals surface area contributed by atoms with Gasteiger partial charge in [0.15, 0.2) is 16.7 Å². The number of carbonyl (C=O) groups is 2. The minimum atomic E-state index is -0.859. The van der Waals surface area contributed by atoms with Gasteiger partial charge in [-0.1, -0.05) is 41.5 Å². The molecule has 2 heterocycles. The number of nitrogens with zero attached hydrogens (tertiary/aromatic N) is 2. The Morgan fingerprint density at radius 1 is 1.20 bits per heavy atom. The summed E-state index contributed by atoms with van der Waals surface area (Å²) in [6.07, 6.45) is 2.42. The SMILES string of the molecule is O=C(C1=C(O)C(=O)N(c2nc3ccc(Cl)cc3s2)C1c1ccc(F)cc1)C1CCC1. The number of Topliss-reactive ketones (excluding diaryl/α,β-unsaturated/α-hetero) is 1. The minimum absolute atomic E-state index is 0.0635. The van der Waals surface area contributed by atoms with Gasteiger partial charge in [0.2, 0.25) is 0 Å². The van der Waals surface area contributed by atoms with Crippen LogP contribution in [-0.4, -0.2) is 21.8 Å². The number of fused-ring (bicyclic) bond motifs is 1. The molecule has 152 valence electrons. The maximum atomic E-state index is 13.5. The zero-order valence-corrected chi connectivity index (χ0v) is 17.2. The normalized spacial score (nSPS) is 19.6. The Labute approximate surface area is 180 Å². The highest BCUT2D eigenvalue weighted by Crippen LogP contribution is 2.45. The monoisotopic (exact) mass is 442 g/mol. The van der Waals surface area contributed by atoms with Gasteiger partial charge < -0.3 is 5.11 Å². The van der Waals surface area contributed by atoms with Crippen molar-refractivity contribution >= 4 is 50.0 Å². The van der Waals surface area contributed by atoms with Crippen molar-refractivity contribution in [3.8, 4) is 0 Å². The third-order valence-electron chi connectivity index (χ3n) is 5.68. The molecule has 1 fully saturated rings. The van der Waals surface area contributed by atoms with E-state index in [2.05, 4.69) is 4.98 Å². The lowest BCUT2D eigenvalue weighted by Crippen LogP contribution is -2.32. The molecule has 0 bridgehead atoms. The summed E-state index contributed by atoms with van der Waals surface area (Å²) < 4.78 is 14.3. The molecular formula is C22H16ClFN2O3S. The number of aliphatic hydroxyl groups excluding tert-OH is 1. The molecular weight excluding hydrogens is 427 g/mol. The number of hydrogen-bond donors (Lipinski definition) is 1. The third-order valence-corrected chi connectivity index (χ3v) is 6.93. The Hall–Kier alpha value is -2.77. The zero-order chi connectivity index (χ0) is 21.0. The Balaban J connectivity index is 1.65. The van der Waals surface area contributed by atoms with Crippen LogP contribution < -0.4 is 4.90 Å². The van der Waals surface area contributed by atoms with Gasteiger partial charge in [-0.05, 0) is 48.7 Å². The maximum absolute atomic E-state index is 13.5. The standard InChI is InChI=1S/C22H16ClFN2O3S/c23-13-6-9-15-16(10-13)30-22(25-15)26-18(11-4-7-14(24)8-5-11)17(20(28)21(26)29)19(27)12-2-1-3-12/h4-10,12,18,28H,1-3H2. The molecule has 1 unspecified atom stereocenters. The van der Waals surface area contributed by atoms with E-state index in [0.717, 1.165) is 24.0 Å². The van der Waals surface area contributed by atoms with Crippen LogP contribution in [0.4, 0.5) is 9.52 Å². The molecule has 5 rings (SSSR count). The van der Waals surface area contributed by atoms with Gasteiger partial charge in [0.1, 0.15) is 5.82 Å². The third kappa shape index (κ3) is 3.00. The molecule has 2 aromatic carbocycles. The van der Waals surface area contributed by atoms with Gasteiger partial charge in [-0.25, -0.2) is 9.37 Å². The topological polar surface area (TPSA) is 70.5 Å². The van der Waals surface area contributed by atoms with Crippen molar-refractivity contribution in [3.63, 3.8) is 0 Å². The predicted octanol–water partition coefficient (Wildman–Crippen LogP) is 5.36. The molecule has 1 amide bonds. The van der Waals surface area contributed by atoms with Crippen LogP contribution in [0.3, 0.4) is 0 Å². The average molecular weight is 443 g/mol. The largest absolute Gasteiger partial charge is 0.503 e. The highest BCUT2D eigenvalue weighted by Gasteiger charge is 2.47. The van der Waals surface area contributed by atoms with Crippen molar-refractivity contribution in [1.29, 1.82) is 0 Å². The van der Waals surface area contributed by atoms with Crippen LogP contribution in [0.2, 0.25) is 5.02 Å². The van der Waals surface area contributed by atoms with Crippen LogP contribution >= 0.6 is 22.9 Å². The van der Waals surface area contributed by atoms with Gasteiger partial charge in [0.25, 0.3) is 5.91 Å². The van der Waals surface area contributed by atoms with Crippen LogP contribution in [0.5, 0.6) is 0 Å². The molecule has 1 saturated carbocycles. The van der Waals surface area contributed by atoms with E-state index >= 15 is 0 Å². The second kappa shape index (κ2) is 7.18. The van der Waals surface area contributed by atoms with Crippen LogP contribution in [0, 0.1) is 11.7 Å². The maximum Gasteiger partial charge on any atom is 0.296 e. The summed E-state index contributed by atoms with van der Waals surface area (Å²) in [5.74, 6) is -2.10. The average Bonchev–Trinajstić information content (AvgIpc) is 3.19. The van der Waals surface area contributed by atoms with Gasteiger partial charge in [-0.15, -0.1) is 0 Å². The lowest BCUT2D eigenvalue weighted by Gasteiger charge is -2.28. The lowest BCUT2D eigenvalue weighted by atomic mass is 9.77. The van der Waals surface area contributed by atoms with Crippen molar-refractivity contribution in [2.75, 3.05) is 4.90 Å². The number of thiazole rings is 1. The number of carbonyl (C=O) groups excluding carboxylic acids is 2. The molecule has 0 spiro atoms. The Morgan fingerprint density at radius 2 is 1.93 bits per heavy atom. The molecule has 1 aliphatic heterocycles. The Bertz CT molecular complexity index is 1220. The number of aliphatic hydroxyl groups is 1. The molecule has 3 aromatic rings. The second-order valence-corrected chi connectivity index (χ2v) is 8.94. The number of benzene rings is 2. The molecule has 0 saturated heterocycles. The summed E-state index contributed by atoms with van der Waals surface area (Å²) in [6.45, 7) is 0. The van der Waals surface area contributed by atoms with Crippen molar-refractivity contribution in [2.24, 2.45) is 5.92 Å². The summed E-state index contributed by atoms with van der Waals surface area (Å²) in [5, 5.41) is 11.6. The summed E-state index contributed by atoms with van der Waals surface area (Å²) in [6, 6.07) is 9.94. The van der Waals surface area contributed by atoms with Gasteiger partial charge >= 0.3 is 0 Å². The van der Waals surface area contributed by atoms with Gasteiger partial charge in [0, 0.05) is 10.9 Å². The van der Waals surface area contributed by atoms with Gasteiger partial charge in [-0.2, -0.15) is 0 Å². The highest BCUT2D eigenvalue weighted by atomic mass is 35.5. The van der Waals surface area contributed by atoms with Crippen LogP contribution in [0.15, 0.2) is 53.8 Å². The van der Waals surface area contributed by atoms with Crippen LogP contribution in [0.25, 0.3) is 10.2 Å². The predicted molar refractivity (Wildman–Crippen MR) is 113 cm³/mol. The minimum Gasteiger partial charge on any atom is -0.503 e. The number of rotatable bonds is 4. The van der Waals surface area contributed by atoms with E-state index in [0.29, 0.717) is 21.2 Å². The van der Waals surface area contributed by atoms with Crippen molar-refractivity contribution < 1.29 is 19.1 Å². The number of aromatic nitrogens is 1. The lowest BCUT2D eigenvalue weighted by molar-refractivity contribution is -0.122. The zero-order valence-electron chi connectivity index (χ0n) is 15.6. The van der Waals surface area contributed by atoms with Gasteiger partial charge in [0.05, 0.1) is 21.8 Å². The van der Waals surface area contributed by atoms with Crippen molar-refractivity contribution in [1.82, 2.24) is 4.98 Å². The first-order valence-electron chi connectivity index (χ1n) is 9.56. The molecule has 1 aromatic heterocycles. The first kappa shape index (κ1) is 19.2. The Kier molecular flexibility index (Phi) is 4.60. The van der Waals surface area contributed by atoms with E-state index < -0.39 is 23.5 Å². The fourth-order valence-electron chi connectivity index (χ4n) is 3.89. The van der Waals surface area contributed by atoms with Crippen LogP contribution in [-0.2, 0) is 9.59 Å². The van der Waals surface area contributed by atoms with Gasteiger partial charge in [-0.3, -0.25) is 14.5 Å². The first-order chi connectivity index (χ1) is 14.4. The molecule has 1 aliphatic carbocycles. The van der Waals surface area contributed by atoms with E-state index in [-0.39, 0.29) is 17.3 Å². The van der Waals surface area contributed by atoms with E-state index in [1.54, 1.807) is 18.2 Å². The number of ketones is 1. The molecule has 1 N–H and O–H groups in total. The summed E-state index contributed by atoms with van der Waals surface area (Å²) in [7, 11) is 0. The fraction of sp³-hybridized carbons (Fsp3) is 0.227.